The molecule has 140 valence electrons. The van der Waals surface area contributed by atoms with E-state index in [9.17, 15) is 13.2 Å². The summed E-state index contributed by atoms with van der Waals surface area (Å²) in [5, 5.41) is 0. The fourth-order valence-electron chi connectivity index (χ4n) is 2.90. The van der Waals surface area contributed by atoms with Crippen LogP contribution in [0.3, 0.4) is 0 Å². The molecule has 0 bridgehead atoms. The van der Waals surface area contributed by atoms with E-state index in [-0.39, 0.29) is 5.91 Å². The Balaban J connectivity index is 1.76. The van der Waals surface area contributed by atoms with Crippen LogP contribution in [0.5, 0.6) is 0 Å². The van der Waals surface area contributed by atoms with Gasteiger partial charge in [0.1, 0.15) is 0 Å². The van der Waals surface area contributed by atoms with Crippen LogP contribution in [-0.4, -0.2) is 48.4 Å². The molecule has 0 radical (unpaired) electrons. The van der Waals surface area contributed by atoms with Gasteiger partial charge in [0.15, 0.2) is 0 Å². The maximum Gasteiger partial charge on any atom is 0.301 e. The van der Waals surface area contributed by atoms with Gasteiger partial charge >= 0.3 is 10.2 Å². The van der Waals surface area contributed by atoms with Gasteiger partial charge in [0, 0.05) is 38.4 Å². The summed E-state index contributed by atoms with van der Waals surface area (Å²) in [4.78, 5) is 18.6. The lowest BCUT2D eigenvalue weighted by Gasteiger charge is -2.28. The second-order valence-corrected chi connectivity index (χ2v) is 7.87. The molecule has 2 heterocycles. The van der Waals surface area contributed by atoms with Crippen LogP contribution in [0.25, 0.3) is 0 Å². The lowest BCUT2D eigenvalue weighted by Crippen LogP contribution is -2.47. The zero-order valence-corrected chi connectivity index (χ0v) is 15.7. The number of carbonyl (C=O) groups excluding carboxylic acids is 1. The van der Waals surface area contributed by atoms with E-state index >= 15 is 0 Å². The first-order valence-corrected chi connectivity index (χ1v) is 9.98. The molecule has 26 heavy (non-hydrogen) atoms. The monoisotopic (exact) mass is 377 g/mol. The molecule has 0 aliphatic carbocycles. The first kappa shape index (κ1) is 18.4. The van der Waals surface area contributed by atoms with Gasteiger partial charge in [0.05, 0.1) is 24.3 Å². The molecular formula is C17H23N5O3S. The summed E-state index contributed by atoms with van der Waals surface area (Å²) in [5.74, 6) is -0.0973. The quantitative estimate of drug-likeness (QED) is 0.846. The zero-order valence-electron chi connectivity index (χ0n) is 14.9. The molecule has 3 rings (SSSR count). The Labute approximate surface area is 153 Å². The topological polar surface area (TPSA) is 87.5 Å². The largest absolute Gasteiger partial charge is 0.336 e. The lowest BCUT2D eigenvalue weighted by molar-refractivity contribution is 0.0749. The van der Waals surface area contributed by atoms with Gasteiger partial charge in [-0.2, -0.15) is 13.1 Å². The molecule has 1 saturated heterocycles. The van der Waals surface area contributed by atoms with Crippen LogP contribution in [0.15, 0.2) is 36.8 Å². The Bertz CT molecular complexity index is 876. The van der Waals surface area contributed by atoms with Crippen molar-refractivity contribution in [2.75, 3.05) is 23.9 Å². The maximum absolute atomic E-state index is 12.8. The SMILES string of the molecule is CCN(Cc1cncn1C)C(=O)c1ccc(N2CCCNS2(=O)=O)cc1. The van der Waals surface area contributed by atoms with Crippen molar-refractivity contribution in [1.29, 1.82) is 0 Å². The number of rotatable bonds is 5. The molecule has 2 aromatic rings. The number of nitrogens with zero attached hydrogens (tertiary/aromatic N) is 4. The van der Waals surface area contributed by atoms with E-state index in [1.54, 1.807) is 41.7 Å². The van der Waals surface area contributed by atoms with Crippen molar-refractivity contribution < 1.29 is 13.2 Å². The molecule has 1 aliphatic rings. The minimum Gasteiger partial charge on any atom is -0.336 e. The first-order chi connectivity index (χ1) is 12.4. The van der Waals surface area contributed by atoms with Crippen LogP contribution < -0.4 is 9.03 Å². The molecule has 1 aromatic heterocycles. The third kappa shape index (κ3) is 3.73. The summed E-state index contributed by atoms with van der Waals surface area (Å²) < 4.78 is 29.9. The van der Waals surface area contributed by atoms with Gasteiger partial charge in [-0.1, -0.05) is 0 Å². The van der Waals surface area contributed by atoms with E-state index < -0.39 is 10.2 Å². The van der Waals surface area contributed by atoms with Crippen molar-refractivity contribution in [1.82, 2.24) is 19.2 Å². The van der Waals surface area contributed by atoms with Crippen molar-refractivity contribution in [3.63, 3.8) is 0 Å². The molecule has 0 spiro atoms. The Kier molecular flexibility index (Phi) is 5.28. The Morgan fingerprint density at radius 2 is 2.04 bits per heavy atom. The van der Waals surface area contributed by atoms with Crippen molar-refractivity contribution in [2.24, 2.45) is 7.05 Å². The number of amides is 1. The van der Waals surface area contributed by atoms with E-state index in [1.807, 2.05) is 18.5 Å². The maximum atomic E-state index is 12.8. The fraction of sp³-hybridized carbons (Fsp3) is 0.412. The van der Waals surface area contributed by atoms with Gasteiger partial charge in [-0.05, 0) is 37.6 Å². The Morgan fingerprint density at radius 3 is 2.62 bits per heavy atom. The first-order valence-electron chi connectivity index (χ1n) is 8.54. The number of anilines is 1. The van der Waals surface area contributed by atoms with Crippen LogP contribution in [-0.2, 0) is 23.8 Å². The molecule has 1 amide bonds. The number of carbonyl (C=O) groups is 1. The Hall–Kier alpha value is -2.39. The van der Waals surface area contributed by atoms with E-state index in [0.29, 0.717) is 37.4 Å². The van der Waals surface area contributed by atoms with Gasteiger partial charge in [-0.3, -0.25) is 9.10 Å². The average Bonchev–Trinajstić information content (AvgIpc) is 3.03. The molecule has 1 N–H and O–H groups in total. The van der Waals surface area contributed by atoms with E-state index in [1.165, 1.54) is 4.31 Å². The number of hydrogen-bond donors (Lipinski definition) is 1. The van der Waals surface area contributed by atoms with Crippen molar-refractivity contribution in [3.05, 3.63) is 48.0 Å². The molecule has 0 atom stereocenters. The number of aromatic nitrogens is 2. The highest BCUT2D eigenvalue weighted by molar-refractivity contribution is 7.90. The average molecular weight is 377 g/mol. The summed E-state index contributed by atoms with van der Waals surface area (Å²) in [7, 11) is -1.60. The normalized spacial score (nSPS) is 16.5. The number of nitrogens with one attached hydrogen (secondary N) is 1. The minimum atomic E-state index is -3.49. The second kappa shape index (κ2) is 7.46. The fourth-order valence-corrected chi connectivity index (χ4v) is 4.23. The molecule has 8 nitrogen and oxygen atoms in total. The van der Waals surface area contributed by atoms with Gasteiger partial charge in [0.2, 0.25) is 0 Å². The van der Waals surface area contributed by atoms with Crippen molar-refractivity contribution in [3.8, 4) is 0 Å². The summed E-state index contributed by atoms with van der Waals surface area (Å²) in [5.41, 5.74) is 2.03. The molecule has 1 aliphatic heterocycles. The standard InChI is InChI=1S/C17H23N5O3S/c1-3-21(12-16-11-18-13-20(16)2)17(23)14-5-7-15(8-6-14)22-10-4-9-19-26(22,24)25/h5-8,11,13,19H,3-4,9-10,12H2,1-2H3. The molecule has 1 aromatic carbocycles. The van der Waals surface area contributed by atoms with Crippen LogP contribution in [0, 0.1) is 0 Å². The summed E-state index contributed by atoms with van der Waals surface area (Å²) >= 11 is 0. The number of imidazole rings is 1. The van der Waals surface area contributed by atoms with Gasteiger partial charge in [-0.15, -0.1) is 0 Å². The Morgan fingerprint density at radius 1 is 1.31 bits per heavy atom. The third-order valence-electron chi connectivity index (χ3n) is 4.45. The summed E-state index contributed by atoms with van der Waals surface area (Å²) in [6, 6.07) is 6.70. The molecule has 1 fully saturated rings. The smallest absolute Gasteiger partial charge is 0.301 e. The predicted octanol–water partition coefficient (Wildman–Crippen LogP) is 1.13. The second-order valence-electron chi connectivity index (χ2n) is 6.19. The zero-order chi connectivity index (χ0) is 18.7. The number of hydrogen-bond acceptors (Lipinski definition) is 4. The van der Waals surface area contributed by atoms with Crippen molar-refractivity contribution >= 4 is 21.8 Å². The van der Waals surface area contributed by atoms with Gasteiger partial charge in [0.25, 0.3) is 5.91 Å². The third-order valence-corrected chi connectivity index (χ3v) is 6.00. The van der Waals surface area contributed by atoms with Crippen LogP contribution in [0.1, 0.15) is 29.4 Å². The highest BCUT2D eigenvalue weighted by Gasteiger charge is 2.25. The van der Waals surface area contributed by atoms with E-state index in [4.69, 9.17) is 0 Å². The molecule has 0 saturated carbocycles. The van der Waals surface area contributed by atoms with Gasteiger partial charge in [-0.25, -0.2) is 4.98 Å². The molecular weight excluding hydrogens is 354 g/mol. The number of benzene rings is 1. The summed E-state index contributed by atoms with van der Waals surface area (Å²) in [6.07, 6.45) is 4.19. The highest BCUT2D eigenvalue weighted by atomic mass is 32.2. The minimum absolute atomic E-state index is 0.0973. The van der Waals surface area contributed by atoms with Crippen LogP contribution in [0.2, 0.25) is 0 Å². The van der Waals surface area contributed by atoms with E-state index in [2.05, 4.69) is 9.71 Å². The highest BCUT2D eigenvalue weighted by Crippen LogP contribution is 2.21. The summed E-state index contributed by atoms with van der Waals surface area (Å²) in [6.45, 7) is 3.85. The predicted molar refractivity (Wildman–Crippen MR) is 99.0 cm³/mol. The van der Waals surface area contributed by atoms with Crippen molar-refractivity contribution in [2.45, 2.75) is 19.9 Å². The number of aryl methyl sites for hydroxylation is 1. The molecule has 9 heteroatoms. The van der Waals surface area contributed by atoms with Crippen LogP contribution >= 0.6 is 0 Å². The van der Waals surface area contributed by atoms with E-state index in [0.717, 1.165) is 12.1 Å². The molecule has 0 unspecified atom stereocenters. The van der Waals surface area contributed by atoms with Crippen LogP contribution in [0.4, 0.5) is 5.69 Å². The van der Waals surface area contributed by atoms with Gasteiger partial charge < -0.3 is 9.47 Å². The lowest BCUT2D eigenvalue weighted by atomic mass is 10.1.